The Kier molecular flexibility index (Phi) is 105. The monoisotopic (exact) mass is 749 g/mol. The van der Waals surface area contributed by atoms with Crippen LogP contribution in [-0.2, 0) is 0 Å². The summed E-state index contributed by atoms with van der Waals surface area (Å²) in [7, 11) is 0. The number of aromatic amines is 2. The molecule has 9 nitrogen and oxygen atoms in total. The molecule has 0 aliphatic carbocycles. The number of H-pyrrole nitrogens is 2. The van der Waals surface area contributed by atoms with E-state index in [0.29, 0.717) is 0 Å². The van der Waals surface area contributed by atoms with E-state index in [2.05, 4.69) is 45.6 Å². The van der Waals surface area contributed by atoms with Gasteiger partial charge in [-0.3, -0.25) is 5.10 Å². The van der Waals surface area contributed by atoms with Gasteiger partial charge in [0.25, 0.3) is 0 Å². The topological polar surface area (TPSA) is 120 Å². The average molecular weight is 749 g/mol. The fraction of sp³-hybridized carbons (Fsp3) is 0.571. The second-order valence-corrected chi connectivity index (χ2v) is 8.49. The van der Waals surface area contributed by atoms with E-state index in [1.165, 1.54) is 77.4 Å². The molecule has 4 aromatic heterocycles. The highest BCUT2D eigenvalue weighted by atomic mass is 32.1. The first kappa shape index (κ1) is 63.4. The van der Waals surface area contributed by atoms with Gasteiger partial charge in [-0.2, -0.15) is 31.8 Å². The van der Waals surface area contributed by atoms with Gasteiger partial charge in [-0.1, -0.05) is 158 Å². The van der Waals surface area contributed by atoms with E-state index >= 15 is 0 Å². The fourth-order valence-electron chi connectivity index (χ4n) is 2.78. The molecule has 2 saturated heterocycles. The minimum absolute atomic E-state index is 1.25. The van der Waals surface area contributed by atoms with E-state index in [1.807, 2.05) is 168 Å². The highest BCUT2D eigenvalue weighted by Crippen LogP contribution is 1.97. The molecular weight excluding hydrogens is 665 g/mol. The molecule has 7 rings (SSSR count). The lowest BCUT2D eigenvalue weighted by molar-refractivity contribution is 0.520. The van der Waals surface area contributed by atoms with Crippen LogP contribution >= 0.6 is 11.3 Å². The molecule has 0 bridgehead atoms. The largest absolute Gasteiger partial charge is 0.473 e. The zero-order chi connectivity index (χ0) is 40.9. The molecule has 0 atom stereocenters. The van der Waals surface area contributed by atoms with Gasteiger partial charge >= 0.3 is 0 Å². The summed E-state index contributed by atoms with van der Waals surface area (Å²) < 4.78 is 4.58. The molecule has 0 radical (unpaired) electrons. The molecule has 0 spiro atoms. The second-order valence-electron chi connectivity index (χ2n) is 7.67. The van der Waals surface area contributed by atoms with Crippen molar-refractivity contribution in [3.8, 4) is 0 Å². The predicted molar refractivity (Wildman–Crippen MR) is 235 cm³/mol. The van der Waals surface area contributed by atoms with E-state index in [9.17, 15) is 0 Å². The molecule has 0 unspecified atom stereocenters. The Bertz CT molecular complexity index is 696. The minimum atomic E-state index is 1.25. The van der Waals surface area contributed by atoms with Gasteiger partial charge in [0.1, 0.15) is 12.7 Å². The number of thiophene rings is 1. The maximum atomic E-state index is 4.58. The van der Waals surface area contributed by atoms with Crippen LogP contribution in [0.15, 0.2) is 113 Å². The molecule has 2 aliphatic heterocycles. The number of piperidine rings is 2. The third kappa shape index (κ3) is 80.8. The fourth-order valence-corrected chi connectivity index (χ4v) is 3.23. The van der Waals surface area contributed by atoms with Crippen LogP contribution in [-0.4, -0.2) is 56.8 Å². The van der Waals surface area contributed by atoms with Gasteiger partial charge in [0.2, 0.25) is 0 Å². The number of benzene rings is 1. The first-order valence-corrected chi connectivity index (χ1v) is 20.9. The molecule has 6 heterocycles. The van der Waals surface area contributed by atoms with Gasteiger partial charge in [-0.05, 0) is 74.8 Å². The Morgan fingerprint density at radius 2 is 0.808 bits per heavy atom. The van der Waals surface area contributed by atoms with Crippen LogP contribution in [0.3, 0.4) is 0 Å². The molecule has 4 N–H and O–H groups in total. The van der Waals surface area contributed by atoms with E-state index in [0.717, 1.165) is 0 Å². The summed E-state index contributed by atoms with van der Waals surface area (Å²) >= 11 is 1.71. The molecule has 304 valence electrons. The van der Waals surface area contributed by atoms with Crippen molar-refractivity contribution in [1.82, 2.24) is 41.2 Å². The first-order chi connectivity index (χ1) is 26.0. The number of hydrogen-bond acceptors (Lipinski definition) is 8. The van der Waals surface area contributed by atoms with Crippen molar-refractivity contribution >= 4 is 11.3 Å². The van der Waals surface area contributed by atoms with Crippen LogP contribution in [0.25, 0.3) is 0 Å². The van der Waals surface area contributed by atoms with Gasteiger partial charge < -0.3 is 15.1 Å². The van der Waals surface area contributed by atoms with Crippen molar-refractivity contribution in [3.63, 3.8) is 0 Å². The smallest absolute Gasteiger partial charge is 0.137 e. The Balaban J connectivity index is -0.0000000861. The number of furan rings is 1. The first-order valence-electron chi connectivity index (χ1n) is 19.9. The third-order valence-corrected chi connectivity index (χ3v) is 5.22. The molecule has 0 saturated carbocycles. The lowest BCUT2D eigenvalue weighted by atomic mass is 10.2. The van der Waals surface area contributed by atoms with E-state index in [-0.39, 0.29) is 0 Å². The molecule has 2 fully saturated rings. The van der Waals surface area contributed by atoms with Crippen LogP contribution in [0.4, 0.5) is 0 Å². The summed E-state index contributed by atoms with van der Waals surface area (Å²) in [6.07, 6.45) is 17.8. The van der Waals surface area contributed by atoms with Crippen molar-refractivity contribution in [2.24, 2.45) is 0 Å². The molecule has 10 heteroatoms. The van der Waals surface area contributed by atoms with Gasteiger partial charge in [0.15, 0.2) is 0 Å². The minimum Gasteiger partial charge on any atom is -0.473 e. The third-order valence-electron chi connectivity index (χ3n) is 4.59. The SMILES string of the molecule is C1CCNCC1.C1CCNCC1.CC.CC.CC.CC.CC.CC.CC.c1ccccc1.c1ccoc1.c1ccsc1.c1cn[nH]n1.c1nc[nH]n1. The van der Waals surface area contributed by atoms with Crippen LogP contribution in [0.5, 0.6) is 0 Å². The lowest BCUT2D eigenvalue weighted by Gasteiger charge is -2.08. The van der Waals surface area contributed by atoms with Crippen LogP contribution in [0.2, 0.25) is 0 Å². The Hall–Kier alpha value is -3.60. The molecule has 0 amide bonds. The summed E-state index contributed by atoms with van der Waals surface area (Å²) in [4.78, 5) is 3.56. The molecule has 5 aromatic rings. The predicted octanol–water partition coefficient (Wildman–Crippen LogP) is 13.0. The average Bonchev–Trinajstić information content (AvgIpc) is 4.16. The quantitative estimate of drug-likeness (QED) is 0.124. The summed E-state index contributed by atoms with van der Waals surface area (Å²) in [6.45, 7) is 33.0. The highest BCUT2D eigenvalue weighted by Gasteiger charge is 1.94. The maximum Gasteiger partial charge on any atom is 0.137 e. The number of hydrogen-bond donors (Lipinski definition) is 4. The van der Waals surface area contributed by atoms with Crippen molar-refractivity contribution < 1.29 is 4.42 Å². The van der Waals surface area contributed by atoms with Gasteiger partial charge in [-0.25, -0.2) is 4.98 Å². The number of nitrogens with one attached hydrogen (secondary N) is 4. The standard InChI is InChI=1S/C6H6.2C5H11N.C4H4O.C4H4S.2C2H3N3.7C2H6/c3*1-2-4-6-5-3-1;2*1-2-4-5-3-1;1-3-2-5-4-1;1-2-4-5-3-1;7*1-2/h1-6H;2*6H,1-5H2;2*1-4H;2*1-2H,(H,3,4,5);7*1-2H3. The normalized spacial score (nSPS) is 10.3. The van der Waals surface area contributed by atoms with Crippen molar-refractivity contribution in [1.29, 1.82) is 0 Å². The zero-order valence-corrected chi connectivity index (χ0v) is 36.9. The summed E-state index contributed by atoms with van der Waals surface area (Å²) in [5.74, 6) is 0. The van der Waals surface area contributed by atoms with E-state index in [4.69, 9.17) is 0 Å². The number of nitrogens with zero attached hydrogens (tertiary/aromatic N) is 4. The Labute approximate surface area is 326 Å². The Morgan fingerprint density at radius 1 is 0.442 bits per heavy atom. The molecule has 52 heavy (non-hydrogen) atoms. The van der Waals surface area contributed by atoms with Crippen molar-refractivity contribution in [3.05, 3.63) is 109 Å². The van der Waals surface area contributed by atoms with Crippen LogP contribution in [0, 0.1) is 0 Å². The Morgan fingerprint density at radius 3 is 0.923 bits per heavy atom. The van der Waals surface area contributed by atoms with Crippen molar-refractivity contribution in [2.45, 2.75) is 135 Å². The van der Waals surface area contributed by atoms with Gasteiger partial charge in [-0.15, -0.1) is 0 Å². The lowest BCUT2D eigenvalue weighted by Crippen LogP contribution is -2.21. The van der Waals surface area contributed by atoms with Crippen LogP contribution in [0.1, 0.15) is 135 Å². The van der Waals surface area contributed by atoms with Gasteiger partial charge in [0, 0.05) is 0 Å². The molecular formula is C42H84N8OS. The number of rotatable bonds is 0. The van der Waals surface area contributed by atoms with Crippen molar-refractivity contribution in [2.75, 3.05) is 26.2 Å². The van der Waals surface area contributed by atoms with E-state index < -0.39 is 0 Å². The van der Waals surface area contributed by atoms with E-state index in [1.54, 1.807) is 36.3 Å². The number of aromatic nitrogens is 6. The maximum absolute atomic E-state index is 4.58. The van der Waals surface area contributed by atoms with Crippen LogP contribution < -0.4 is 10.6 Å². The molecule has 2 aliphatic rings. The van der Waals surface area contributed by atoms with Gasteiger partial charge in [0.05, 0.1) is 24.9 Å². The summed E-state index contributed by atoms with van der Waals surface area (Å²) in [5.41, 5.74) is 0. The summed E-state index contributed by atoms with van der Waals surface area (Å²) in [6, 6.07) is 19.7. The zero-order valence-electron chi connectivity index (χ0n) is 36.1. The summed E-state index contributed by atoms with van der Waals surface area (Å²) in [5, 5.41) is 26.0. The molecule has 1 aromatic carbocycles. The second kappa shape index (κ2) is 86.2. The highest BCUT2D eigenvalue weighted by molar-refractivity contribution is 7.07.